The van der Waals surface area contributed by atoms with E-state index in [0.717, 1.165) is 5.56 Å². The minimum atomic E-state index is -0.422. The lowest BCUT2D eigenvalue weighted by Crippen LogP contribution is -2.40. The van der Waals surface area contributed by atoms with Gasteiger partial charge in [0.25, 0.3) is 0 Å². The molecule has 0 aliphatic heterocycles. The lowest BCUT2D eigenvalue weighted by atomic mass is 10.0. The SMILES string of the molecule is CN(C)C(=O)C(Cc1ccccc1)Nc1ccc2nnnn2n1. The zero-order chi connectivity index (χ0) is 16.2. The highest BCUT2D eigenvalue weighted by Crippen LogP contribution is 2.11. The molecule has 0 aliphatic rings. The number of aromatic nitrogens is 5. The van der Waals surface area contributed by atoms with Crippen LogP contribution in [0.2, 0.25) is 0 Å². The predicted octanol–water partition coefficient (Wildman–Crippen LogP) is 0.631. The normalized spacial score (nSPS) is 12.1. The molecule has 1 N–H and O–H groups in total. The molecule has 8 nitrogen and oxygen atoms in total. The van der Waals surface area contributed by atoms with Crippen molar-refractivity contribution < 1.29 is 4.79 Å². The van der Waals surface area contributed by atoms with Crippen molar-refractivity contribution in [2.75, 3.05) is 19.4 Å². The van der Waals surface area contributed by atoms with Crippen molar-refractivity contribution in [1.82, 2.24) is 30.2 Å². The van der Waals surface area contributed by atoms with Crippen LogP contribution in [-0.4, -0.2) is 56.2 Å². The minimum absolute atomic E-state index is 0.0209. The fraction of sp³-hybridized carbons (Fsp3) is 0.267. The molecule has 0 aliphatic carbocycles. The molecule has 0 saturated heterocycles. The van der Waals surface area contributed by atoms with E-state index in [1.807, 2.05) is 30.3 Å². The van der Waals surface area contributed by atoms with E-state index in [2.05, 4.69) is 25.9 Å². The van der Waals surface area contributed by atoms with Crippen LogP contribution in [0, 0.1) is 0 Å². The van der Waals surface area contributed by atoms with E-state index in [1.165, 1.54) is 4.63 Å². The van der Waals surface area contributed by atoms with Gasteiger partial charge in [0.2, 0.25) is 5.91 Å². The molecule has 23 heavy (non-hydrogen) atoms. The molecule has 0 spiro atoms. The van der Waals surface area contributed by atoms with Gasteiger partial charge in [0.1, 0.15) is 11.9 Å². The fourth-order valence-corrected chi connectivity index (χ4v) is 2.27. The summed E-state index contributed by atoms with van der Waals surface area (Å²) in [5.74, 6) is 0.522. The molecule has 1 unspecified atom stereocenters. The van der Waals surface area contributed by atoms with Crippen LogP contribution in [0.25, 0.3) is 5.65 Å². The first kappa shape index (κ1) is 14.9. The summed E-state index contributed by atoms with van der Waals surface area (Å²) in [6.07, 6.45) is 0.563. The summed E-state index contributed by atoms with van der Waals surface area (Å²) in [6, 6.07) is 12.9. The van der Waals surface area contributed by atoms with Crippen molar-refractivity contribution >= 4 is 17.4 Å². The number of hydrogen-bond donors (Lipinski definition) is 1. The van der Waals surface area contributed by atoms with Crippen molar-refractivity contribution in [2.45, 2.75) is 12.5 Å². The van der Waals surface area contributed by atoms with Gasteiger partial charge in [-0.3, -0.25) is 4.79 Å². The number of tetrazole rings is 1. The van der Waals surface area contributed by atoms with E-state index >= 15 is 0 Å². The Morgan fingerprint density at radius 1 is 1.22 bits per heavy atom. The Hall–Kier alpha value is -3.03. The van der Waals surface area contributed by atoms with Crippen LogP contribution in [0.5, 0.6) is 0 Å². The Balaban J connectivity index is 1.83. The number of nitrogens with one attached hydrogen (secondary N) is 1. The van der Waals surface area contributed by atoms with Gasteiger partial charge in [0.15, 0.2) is 5.65 Å². The van der Waals surface area contributed by atoms with Crippen LogP contribution in [0.4, 0.5) is 5.82 Å². The molecule has 1 atom stereocenters. The van der Waals surface area contributed by atoms with E-state index in [1.54, 1.807) is 31.1 Å². The topological polar surface area (TPSA) is 88.3 Å². The van der Waals surface area contributed by atoms with Crippen LogP contribution in [0.15, 0.2) is 42.5 Å². The molecular weight excluding hydrogens is 294 g/mol. The second-order valence-corrected chi connectivity index (χ2v) is 5.36. The Bertz CT molecular complexity index is 800. The summed E-state index contributed by atoms with van der Waals surface area (Å²) in [6.45, 7) is 0. The zero-order valence-corrected chi connectivity index (χ0v) is 12.9. The standard InChI is InChI=1S/C15H17N7O/c1-21(2)15(23)12(10-11-6-4-3-5-7-11)16-13-8-9-14-17-19-20-22(14)18-13/h3-9,12H,10H2,1-2H3,(H,16,18). The quantitative estimate of drug-likeness (QED) is 0.743. The maximum absolute atomic E-state index is 12.5. The summed E-state index contributed by atoms with van der Waals surface area (Å²) in [4.78, 5) is 14.0. The van der Waals surface area contributed by atoms with E-state index in [9.17, 15) is 4.79 Å². The lowest BCUT2D eigenvalue weighted by Gasteiger charge is -2.22. The highest BCUT2D eigenvalue weighted by atomic mass is 16.2. The highest BCUT2D eigenvalue weighted by Gasteiger charge is 2.21. The van der Waals surface area contributed by atoms with Gasteiger partial charge >= 0.3 is 0 Å². The number of hydrogen-bond acceptors (Lipinski definition) is 6. The number of benzene rings is 1. The molecule has 8 heteroatoms. The Labute approximate surface area is 133 Å². The molecule has 1 amide bonds. The maximum Gasteiger partial charge on any atom is 0.244 e. The summed E-state index contributed by atoms with van der Waals surface area (Å²) >= 11 is 0. The molecule has 0 saturated carbocycles. The lowest BCUT2D eigenvalue weighted by molar-refractivity contribution is -0.129. The summed E-state index contributed by atoms with van der Waals surface area (Å²) < 4.78 is 1.32. The second-order valence-electron chi connectivity index (χ2n) is 5.36. The van der Waals surface area contributed by atoms with E-state index < -0.39 is 6.04 Å². The van der Waals surface area contributed by atoms with E-state index in [-0.39, 0.29) is 5.91 Å². The van der Waals surface area contributed by atoms with Gasteiger partial charge < -0.3 is 10.2 Å². The average Bonchev–Trinajstić information content (AvgIpc) is 3.02. The van der Waals surface area contributed by atoms with Crippen LogP contribution >= 0.6 is 0 Å². The monoisotopic (exact) mass is 311 g/mol. The van der Waals surface area contributed by atoms with Gasteiger partial charge in [-0.15, -0.1) is 14.8 Å². The summed E-state index contributed by atoms with van der Waals surface area (Å²) in [5, 5.41) is 18.5. The third-order valence-corrected chi connectivity index (χ3v) is 3.41. The number of carbonyl (C=O) groups excluding carboxylic acids is 1. The van der Waals surface area contributed by atoms with Gasteiger partial charge in [0, 0.05) is 20.5 Å². The smallest absolute Gasteiger partial charge is 0.244 e. The summed E-state index contributed by atoms with van der Waals surface area (Å²) in [5.41, 5.74) is 1.62. The Morgan fingerprint density at radius 3 is 2.74 bits per heavy atom. The molecule has 2 heterocycles. The average molecular weight is 311 g/mol. The number of anilines is 1. The molecule has 0 fully saturated rings. The highest BCUT2D eigenvalue weighted by molar-refractivity contribution is 5.84. The molecule has 0 bridgehead atoms. The predicted molar refractivity (Wildman–Crippen MR) is 84.8 cm³/mol. The molecule has 118 valence electrons. The fourth-order valence-electron chi connectivity index (χ4n) is 2.27. The number of likely N-dealkylation sites (N-methyl/N-ethyl adjacent to an activating group) is 1. The molecule has 3 rings (SSSR count). The van der Waals surface area contributed by atoms with Crippen molar-refractivity contribution in [3.8, 4) is 0 Å². The van der Waals surface area contributed by atoms with Crippen molar-refractivity contribution in [3.63, 3.8) is 0 Å². The van der Waals surface area contributed by atoms with Crippen molar-refractivity contribution in [3.05, 3.63) is 48.0 Å². The number of nitrogens with zero attached hydrogens (tertiary/aromatic N) is 6. The van der Waals surface area contributed by atoms with Crippen LogP contribution in [0.1, 0.15) is 5.56 Å². The Morgan fingerprint density at radius 2 is 2.00 bits per heavy atom. The minimum Gasteiger partial charge on any atom is -0.357 e. The van der Waals surface area contributed by atoms with Gasteiger partial charge in [-0.2, -0.15) is 0 Å². The van der Waals surface area contributed by atoms with E-state index in [4.69, 9.17) is 0 Å². The second kappa shape index (κ2) is 6.39. The van der Waals surface area contributed by atoms with Gasteiger partial charge in [-0.25, -0.2) is 0 Å². The van der Waals surface area contributed by atoms with E-state index in [0.29, 0.717) is 17.9 Å². The third-order valence-electron chi connectivity index (χ3n) is 3.41. The van der Waals surface area contributed by atoms with Gasteiger partial charge in [0.05, 0.1) is 0 Å². The van der Waals surface area contributed by atoms with Gasteiger partial charge in [-0.1, -0.05) is 30.3 Å². The first-order valence-electron chi connectivity index (χ1n) is 7.20. The first-order chi connectivity index (χ1) is 11.1. The van der Waals surface area contributed by atoms with Gasteiger partial charge in [-0.05, 0) is 28.1 Å². The van der Waals surface area contributed by atoms with Crippen LogP contribution in [-0.2, 0) is 11.2 Å². The number of fused-ring (bicyclic) bond motifs is 1. The third kappa shape index (κ3) is 3.42. The molecule has 1 aromatic carbocycles. The molecule has 2 aromatic heterocycles. The zero-order valence-electron chi connectivity index (χ0n) is 12.9. The molecular formula is C15H17N7O. The maximum atomic E-state index is 12.5. The number of carbonyl (C=O) groups is 1. The van der Waals surface area contributed by atoms with Crippen LogP contribution in [0.3, 0.4) is 0 Å². The first-order valence-corrected chi connectivity index (χ1v) is 7.20. The molecule has 0 radical (unpaired) electrons. The number of amides is 1. The largest absolute Gasteiger partial charge is 0.357 e. The van der Waals surface area contributed by atoms with Crippen molar-refractivity contribution in [2.24, 2.45) is 0 Å². The Kier molecular flexibility index (Phi) is 4.13. The summed E-state index contributed by atoms with van der Waals surface area (Å²) in [7, 11) is 3.47. The number of rotatable bonds is 5. The van der Waals surface area contributed by atoms with Crippen molar-refractivity contribution in [1.29, 1.82) is 0 Å². The molecule has 3 aromatic rings. The van der Waals surface area contributed by atoms with Crippen LogP contribution < -0.4 is 5.32 Å².